The van der Waals surface area contributed by atoms with E-state index in [0.29, 0.717) is 5.69 Å². The van der Waals surface area contributed by atoms with E-state index in [-0.39, 0.29) is 5.69 Å². The van der Waals surface area contributed by atoms with Gasteiger partial charge in [0, 0.05) is 18.3 Å². The average molecular weight is 385 g/mol. The Kier molecular flexibility index (Phi) is 8.01. The smallest absolute Gasteiger partial charge is 0.348 e. The molecule has 0 radical (unpaired) electrons. The average Bonchev–Trinajstić information content (AvgIpc) is 2.69. The first-order valence-corrected chi connectivity index (χ1v) is 9.19. The van der Waals surface area contributed by atoms with Gasteiger partial charge in [0.2, 0.25) is 0 Å². The first kappa shape index (κ1) is 20.9. The van der Waals surface area contributed by atoms with Crippen LogP contribution in [0.3, 0.4) is 0 Å². The fourth-order valence-corrected chi connectivity index (χ4v) is 2.60. The van der Waals surface area contributed by atoms with Crippen LogP contribution < -0.4 is 5.32 Å². The lowest BCUT2D eigenvalue weighted by atomic mass is 10.1. The molecule has 28 heavy (non-hydrogen) atoms. The van der Waals surface area contributed by atoms with Gasteiger partial charge in [-0.05, 0) is 36.8 Å². The molecule has 0 amide bonds. The maximum absolute atomic E-state index is 11.0. The Balaban J connectivity index is 1.94. The quantitative estimate of drug-likeness (QED) is 0.210. The molecule has 9 nitrogen and oxygen atoms in total. The van der Waals surface area contributed by atoms with Crippen molar-refractivity contribution in [3.63, 3.8) is 0 Å². The summed E-state index contributed by atoms with van der Waals surface area (Å²) in [5, 5.41) is 33.1. The Hall–Kier alpha value is -3.36. The number of nitrogens with zero attached hydrogens (tertiary/aromatic N) is 4. The van der Waals surface area contributed by atoms with E-state index in [1.807, 2.05) is 12.1 Å². The highest BCUT2D eigenvalue weighted by Gasteiger charge is 2.24. The SMILES string of the molecule is CCCCCCCNc1ccc(/N=N/c2ccc([N+](=O)[O-])c([N+](=O)[O-])c2)cc1. The minimum absolute atomic E-state index is 0.173. The van der Waals surface area contributed by atoms with E-state index in [9.17, 15) is 20.2 Å². The van der Waals surface area contributed by atoms with Crippen molar-refractivity contribution in [2.45, 2.75) is 39.0 Å². The van der Waals surface area contributed by atoms with E-state index in [1.165, 1.54) is 31.7 Å². The van der Waals surface area contributed by atoms with E-state index in [0.717, 1.165) is 30.8 Å². The molecule has 0 aliphatic rings. The van der Waals surface area contributed by atoms with Gasteiger partial charge in [-0.15, -0.1) is 0 Å². The summed E-state index contributed by atoms with van der Waals surface area (Å²) < 4.78 is 0. The Morgan fingerprint density at radius 3 is 2.07 bits per heavy atom. The van der Waals surface area contributed by atoms with E-state index in [1.54, 1.807) is 12.1 Å². The number of rotatable bonds is 11. The van der Waals surface area contributed by atoms with Crippen molar-refractivity contribution in [2.75, 3.05) is 11.9 Å². The normalized spacial score (nSPS) is 10.9. The highest BCUT2D eigenvalue weighted by atomic mass is 16.6. The summed E-state index contributed by atoms with van der Waals surface area (Å²) in [6, 6.07) is 10.8. The van der Waals surface area contributed by atoms with Crippen LogP contribution >= 0.6 is 0 Å². The summed E-state index contributed by atoms with van der Waals surface area (Å²) in [4.78, 5) is 20.2. The van der Waals surface area contributed by atoms with Crippen molar-refractivity contribution in [3.05, 3.63) is 62.7 Å². The molecule has 0 atom stereocenters. The topological polar surface area (TPSA) is 123 Å². The number of nitro groups is 2. The van der Waals surface area contributed by atoms with Gasteiger partial charge in [0.1, 0.15) is 0 Å². The first-order chi connectivity index (χ1) is 13.5. The van der Waals surface area contributed by atoms with E-state index in [2.05, 4.69) is 22.5 Å². The second-order valence-corrected chi connectivity index (χ2v) is 6.28. The molecular weight excluding hydrogens is 362 g/mol. The Morgan fingerprint density at radius 1 is 0.821 bits per heavy atom. The highest BCUT2D eigenvalue weighted by molar-refractivity contribution is 5.60. The fraction of sp³-hybridized carbons (Fsp3) is 0.368. The van der Waals surface area contributed by atoms with Gasteiger partial charge >= 0.3 is 11.4 Å². The van der Waals surface area contributed by atoms with Crippen LogP contribution in [0.15, 0.2) is 52.7 Å². The zero-order valence-electron chi connectivity index (χ0n) is 15.7. The number of nitrogens with one attached hydrogen (secondary N) is 1. The molecule has 0 bridgehead atoms. The second-order valence-electron chi connectivity index (χ2n) is 6.28. The number of hydrogen-bond acceptors (Lipinski definition) is 7. The zero-order valence-corrected chi connectivity index (χ0v) is 15.7. The number of anilines is 1. The Labute approximate surface area is 162 Å². The van der Waals surface area contributed by atoms with Crippen molar-refractivity contribution in [2.24, 2.45) is 10.2 Å². The molecule has 2 aromatic carbocycles. The minimum Gasteiger partial charge on any atom is -0.385 e. The molecule has 0 spiro atoms. The zero-order chi connectivity index (χ0) is 20.4. The number of nitro benzene ring substituents is 2. The molecule has 0 saturated heterocycles. The van der Waals surface area contributed by atoms with Crippen LogP contribution in [0.1, 0.15) is 39.0 Å². The molecule has 0 unspecified atom stereocenters. The van der Waals surface area contributed by atoms with E-state index < -0.39 is 21.2 Å². The molecule has 0 heterocycles. The maximum Gasteiger partial charge on any atom is 0.348 e. The van der Waals surface area contributed by atoms with Gasteiger partial charge in [-0.1, -0.05) is 32.6 Å². The van der Waals surface area contributed by atoms with E-state index >= 15 is 0 Å². The van der Waals surface area contributed by atoms with Gasteiger partial charge < -0.3 is 5.32 Å². The van der Waals surface area contributed by atoms with E-state index in [4.69, 9.17) is 0 Å². The summed E-state index contributed by atoms with van der Waals surface area (Å²) in [5.41, 5.74) is 0.551. The minimum atomic E-state index is -0.806. The van der Waals surface area contributed by atoms with Crippen LogP contribution in [0.25, 0.3) is 0 Å². The summed E-state index contributed by atoms with van der Waals surface area (Å²) >= 11 is 0. The van der Waals surface area contributed by atoms with Gasteiger partial charge in [0.25, 0.3) is 0 Å². The Morgan fingerprint density at radius 2 is 1.43 bits per heavy atom. The molecule has 0 aliphatic heterocycles. The van der Waals surface area contributed by atoms with Crippen molar-refractivity contribution >= 4 is 28.4 Å². The third-order valence-electron chi connectivity index (χ3n) is 4.11. The van der Waals surface area contributed by atoms with Crippen LogP contribution in [0, 0.1) is 20.2 Å². The molecule has 1 N–H and O–H groups in total. The standard InChI is InChI=1S/C19H23N5O4/c1-2-3-4-5-6-13-20-15-7-9-16(10-8-15)21-22-17-11-12-18(23(25)26)19(14-17)24(27)28/h7-12,14,20H,2-6,13H2,1H3/b22-21+. The molecule has 2 rings (SSSR count). The molecule has 148 valence electrons. The highest BCUT2D eigenvalue weighted by Crippen LogP contribution is 2.31. The van der Waals surface area contributed by atoms with Crippen LogP contribution in [0.5, 0.6) is 0 Å². The number of benzene rings is 2. The predicted octanol–water partition coefficient (Wildman–Crippen LogP) is 6.30. The van der Waals surface area contributed by atoms with Gasteiger partial charge in [-0.25, -0.2) is 0 Å². The van der Waals surface area contributed by atoms with Crippen molar-refractivity contribution in [1.29, 1.82) is 0 Å². The molecule has 0 aromatic heterocycles. The van der Waals surface area contributed by atoms with Crippen molar-refractivity contribution < 1.29 is 9.85 Å². The molecular formula is C19H23N5O4. The second kappa shape index (κ2) is 10.7. The number of hydrogen-bond donors (Lipinski definition) is 1. The Bertz CT molecular complexity index is 837. The van der Waals surface area contributed by atoms with Gasteiger partial charge in [0.05, 0.1) is 27.3 Å². The van der Waals surface area contributed by atoms with Crippen LogP contribution in [0.2, 0.25) is 0 Å². The first-order valence-electron chi connectivity index (χ1n) is 9.19. The summed E-state index contributed by atoms with van der Waals surface area (Å²) in [6.45, 7) is 3.11. The molecule has 0 fully saturated rings. The molecule has 0 saturated carbocycles. The predicted molar refractivity (Wildman–Crippen MR) is 108 cm³/mol. The number of unbranched alkanes of at least 4 members (excludes halogenated alkanes) is 4. The van der Waals surface area contributed by atoms with Crippen molar-refractivity contribution in [3.8, 4) is 0 Å². The summed E-state index contributed by atoms with van der Waals surface area (Å²) in [7, 11) is 0. The maximum atomic E-state index is 11.0. The molecule has 9 heteroatoms. The monoisotopic (exact) mass is 385 g/mol. The lowest BCUT2D eigenvalue weighted by Crippen LogP contribution is -2.00. The fourth-order valence-electron chi connectivity index (χ4n) is 2.60. The largest absolute Gasteiger partial charge is 0.385 e. The lowest BCUT2D eigenvalue weighted by Gasteiger charge is -2.06. The summed E-state index contributed by atoms with van der Waals surface area (Å²) in [6.07, 6.45) is 6.11. The lowest BCUT2D eigenvalue weighted by molar-refractivity contribution is -0.422. The van der Waals surface area contributed by atoms with Crippen LogP contribution in [0.4, 0.5) is 28.4 Å². The third kappa shape index (κ3) is 6.42. The van der Waals surface area contributed by atoms with Crippen LogP contribution in [-0.2, 0) is 0 Å². The van der Waals surface area contributed by atoms with Gasteiger partial charge in [-0.2, -0.15) is 10.2 Å². The molecule has 0 aliphatic carbocycles. The van der Waals surface area contributed by atoms with Crippen molar-refractivity contribution in [1.82, 2.24) is 0 Å². The van der Waals surface area contributed by atoms with Crippen LogP contribution in [-0.4, -0.2) is 16.4 Å². The number of azo groups is 1. The third-order valence-corrected chi connectivity index (χ3v) is 4.11. The van der Waals surface area contributed by atoms with Gasteiger partial charge in [0.15, 0.2) is 0 Å². The van der Waals surface area contributed by atoms with Gasteiger partial charge in [-0.3, -0.25) is 20.2 Å². The summed E-state index contributed by atoms with van der Waals surface area (Å²) in [5.74, 6) is 0. The molecule has 2 aromatic rings.